The maximum Gasteiger partial charge on any atom is 0.257 e. The van der Waals surface area contributed by atoms with Crippen LogP contribution >= 0.6 is 12.4 Å². The first-order chi connectivity index (χ1) is 14.1. The largest absolute Gasteiger partial charge is 0.493 e. The van der Waals surface area contributed by atoms with Crippen molar-refractivity contribution in [2.24, 2.45) is 23.5 Å². The van der Waals surface area contributed by atoms with Crippen molar-refractivity contribution >= 4 is 24.2 Å². The molecule has 7 heteroatoms. The van der Waals surface area contributed by atoms with Gasteiger partial charge in [0.2, 0.25) is 5.91 Å². The maximum atomic E-state index is 13.1. The highest BCUT2D eigenvalue weighted by molar-refractivity contribution is 5.97. The van der Waals surface area contributed by atoms with Crippen LogP contribution in [0, 0.1) is 17.8 Å². The Morgan fingerprint density at radius 2 is 1.63 bits per heavy atom. The summed E-state index contributed by atoms with van der Waals surface area (Å²) >= 11 is 0. The zero-order chi connectivity index (χ0) is 20.4. The third kappa shape index (κ3) is 4.59. The van der Waals surface area contributed by atoms with E-state index in [4.69, 9.17) is 10.5 Å². The van der Waals surface area contributed by atoms with Crippen LogP contribution in [0.2, 0.25) is 0 Å². The minimum atomic E-state index is -0.0145. The van der Waals surface area contributed by atoms with E-state index >= 15 is 0 Å². The molecule has 2 bridgehead atoms. The molecule has 2 saturated carbocycles. The monoisotopic (exact) mass is 435 g/mol. The number of amides is 2. The van der Waals surface area contributed by atoms with Crippen LogP contribution < -0.4 is 10.5 Å². The number of fused-ring (bicyclic) bond motifs is 2. The van der Waals surface area contributed by atoms with Crippen LogP contribution in [-0.2, 0) is 4.79 Å². The van der Waals surface area contributed by atoms with E-state index in [1.54, 1.807) is 0 Å². The minimum absolute atomic E-state index is 0. The Balaban J connectivity index is 0.00000256. The second kappa shape index (κ2) is 10.0. The summed E-state index contributed by atoms with van der Waals surface area (Å²) in [6.07, 6.45) is 5.48. The van der Waals surface area contributed by atoms with Crippen LogP contribution in [0.3, 0.4) is 0 Å². The summed E-state index contributed by atoms with van der Waals surface area (Å²) in [5.74, 6) is 2.02. The Kier molecular flexibility index (Phi) is 7.64. The summed E-state index contributed by atoms with van der Waals surface area (Å²) in [7, 11) is 0. The Hall–Kier alpha value is -1.79. The van der Waals surface area contributed by atoms with E-state index in [2.05, 4.69) is 0 Å². The second-order valence-electron chi connectivity index (χ2n) is 8.74. The first-order valence-corrected chi connectivity index (χ1v) is 11.1. The predicted molar refractivity (Wildman–Crippen MR) is 119 cm³/mol. The molecule has 6 nitrogen and oxygen atoms in total. The third-order valence-electron chi connectivity index (χ3n) is 7.06. The van der Waals surface area contributed by atoms with Gasteiger partial charge in [0, 0.05) is 38.1 Å². The molecule has 1 saturated heterocycles. The SMILES string of the molecule is CCOc1ccccc1C(=O)N1CCN(C(=O)C2CC3CCCC(C2)C3N)CC1.Cl. The van der Waals surface area contributed by atoms with Crippen LogP contribution in [0.15, 0.2) is 24.3 Å². The van der Waals surface area contributed by atoms with E-state index in [0.717, 1.165) is 12.8 Å². The van der Waals surface area contributed by atoms with E-state index in [1.165, 1.54) is 19.3 Å². The Morgan fingerprint density at radius 1 is 1.03 bits per heavy atom. The molecule has 2 unspecified atom stereocenters. The normalized spacial score (nSPS) is 28.5. The van der Waals surface area contributed by atoms with Gasteiger partial charge in [-0.3, -0.25) is 9.59 Å². The highest BCUT2D eigenvalue weighted by atomic mass is 35.5. The van der Waals surface area contributed by atoms with Gasteiger partial charge in [-0.05, 0) is 56.6 Å². The standard InChI is InChI=1S/C23H33N3O3.ClH/c1-2-29-20-9-4-3-8-19(20)23(28)26-12-10-25(11-13-26)22(27)18-14-16-6-5-7-17(15-18)21(16)24;/h3-4,8-9,16-18,21H,2,5-7,10-15,24H2,1H3;1H. The predicted octanol–water partition coefficient (Wildman–Crippen LogP) is 2.95. The van der Waals surface area contributed by atoms with Crippen molar-refractivity contribution in [2.45, 2.75) is 45.1 Å². The highest BCUT2D eigenvalue weighted by Gasteiger charge is 2.42. The first kappa shape index (κ1) is 22.9. The number of para-hydroxylation sites is 1. The van der Waals surface area contributed by atoms with Crippen LogP contribution in [0.4, 0.5) is 0 Å². The molecule has 2 atom stereocenters. The summed E-state index contributed by atoms with van der Waals surface area (Å²) in [4.78, 5) is 29.9. The number of ether oxygens (including phenoxy) is 1. The van der Waals surface area contributed by atoms with Gasteiger partial charge < -0.3 is 20.3 Å². The average molecular weight is 436 g/mol. The van der Waals surface area contributed by atoms with Crippen LogP contribution in [0.25, 0.3) is 0 Å². The Labute approximate surface area is 185 Å². The van der Waals surface area contributed by atoms with E-state index in [9.17, 15) is 9.59 Å². The molecule has 0 spiro atoms. The van der Waals surface area contributed by atoms with E-state index in [0.29, 0.717) is 55.9 Å². The number of carbonyl (C=O) groups excluding carboxylic acids is 2. The van der Waals surface area contributed by atoms with Crippen molar-refractivity contribution in [2.75, 3.05) is 32.8 Å². The molecule has 1 aliphatic heterocycles. The van der Waals surface area contributed by atoms with Crippen molar-refractivity contribution in [1.29, 1.82) is 0 Å². The number of hydrogen-bond acceptors (Lipinski definition) is 4. The van der Waals surface area contributed by atoms with E-state index in [-0.39, 0.29) is 36.2 Å². The van der Waals surface area contributed by atoms with Crippen molar-refractivity contribution in [3.05, 3.63) is 29.8 Å². The Bertz CT molecular complexity index is 737. The minimum Gasteiger partial charge on any atom is -0.493 e. The molecule has 0 radical (unpaired) electrons. The summed E-state index contributed by atoms with van der Waals surface area (Å²) in [6.45, 7) is 4.81. The molecule has 1 heterocycles. The van der Waals surface area contributed by atoms with Gasteiger partial charge >= 0.3 is 0 Å². The topological polar surface area (TPSA) is 75.9 Å². The molecule has 30 heavy (non-hydrogen) atoms. The van der Waals surface area contributed by atoms with Gasteiger partial charge in [-0.1, -0.05) is 18.6 Å². The molecule has 3 fully saturated rings. The zero-order valence-corrected chi connectivity index (χ0v) is 18.6. The number of piperazine rings is 1. The van der Waals surface area contributed by atoms with Gasteiger partial charge in [-0.15, -0.1) is 12.4 Å². The molecular weight excluding hydrogens is 402 g/mol. The van der Waals surface area contributed by atoms with Crippen molar-refractivity contribution < 1.29 is 14.3 Å². The molecule has 1 aromatic rings. The van der Waals surface area contributed by atoms with E-state index < -0.39 is 0 Å². The van der Waals surface area contributed by atoms with Gasteiger partial charge in [-0.25, -0.2) is 0 Å². The number of benzene rings is 1. The number of halogens is 1. The second-order valence-corrected chi connectivity index (χ2v) is 8.74. The van der Waals surface area contributed by atoms with Gasteiger partial charge in [0.05, 0.1) is 12.2 Å². The lowest BCUT2D eigenvalue weighted by Crippen LogP contribution is -2.54. The van der Waals surface area contributed by atoms with Gasteiger partial charge in [0.1, 0.15) is 5.75 Å². The van der Waals surface area contributed by atoms with Crippen molar-refractivity contribution in [3.63, 3.8) is 0 Å². The zero-order valence-electron chi connectivity index (χ0n) is 17.8. The first-order valence-electron chi connectivity index (χ1n) is 11.1. The van der Waals surface area contributed by atoms with Crippen LogP contribution in [-0.4, -0.2) is 60.4 Å². The summed E-state index contributed by atoms with van der Waals surface area (Å²) in [5, 5.41) is 0. The quantitative estimate of drug-likeness (QED) is 0.788. The molecule has 2 aliphatic carbocycles. The van der Waals surface area contributed by atoms with Gasteiger partial charge in [-0.2, -0.15) is 0 Å². The van der Waals surface area contributed by atoms with E-state index in [1.807, 2.05) is 41.0 Å². The lowest BCUT2D eigenvalue weighted by Gasteiger charge is -2.45. The molecular formula is C23H34ClN3O3. The molecule has 4 rings (SSSR count). The fourth-order valence-electron chi connectivity index (χ4n) is 5.47. The fraction of sp³-hybridized carbons (Fsp3) is 0.652. The highest BCUT2D eigenvalue weighted by Crippen LogP contribution is 2.42. The Morgan fingerprint density at radius 3 is 2.27 bits per heavy atom. The number of hydrogen-bond donors (Lipinski definition) is 1. The van der Waals surface area contributed by atoms with Crippen LogP contribution in [0.5, 0.6) is 5.75 Å². The summed E-state index contributed by atoms with van der Waals surface area (Å²) in [5.41, 5.74) is 6.99. The summed E-state index contributed by atoms with van der Waals surface area (Å²) < 4.78 is 5.61. The van der Waals surface area contributed by atoms with Crippen molar-refractivity contribution in [1.82, 2.24) is 9.80 Å². The van der Waals surface area contributed by atoms with Gasteiger partial charge in [0.15, 0.2) is 0 Å². The number of nitrogens with zero attached hydrogens (tertiary/aromatic N) is 2. The number of carbonyl (C=O) groups is 2. The summed E-state index contributed by atoms with van der Waals surface area (Å²) in [6, 6.07) is 7.67. The number of nitrogens with two attached hydrogens (primary N) is 1. The molecule has 2 N–H and O–H groups in total. The van der Waals surface area contributed by atoms with Crippen LogP contribution in [0.1, 0.15) is 49.4 Å². The average Bonchev–Trinajstić information content (AvgIpc) is 2.73. The smallest absolute Gasteiger partial charge is 0.257 e. The molecule has 2 amide bonds. The fourth-order valence-corrected chi connectivity index (χ4v) is 5.47. The molecule has 0 aromatic heterocycles. The van der Waals surface area contributed by atoms with Crippen molar-refractivity contribution in [3.8, 4) is 5.75 Å². The van der Waals surface area contributed by atoms with Gasteiger partial charge in [0.25, 0.3) is 5.91 Å². The molecule has 3 aliphatic rings. The lowest BCUT2D eigenvalue weighted by atomic mass is 9.65. The maximum absolute atomic E-state index is 13.1. The lowest BCUT2D eigenvalue weighted by molar-refractivity contribution is -0.140. The molecule has 1 aromatic carbocycles. The third-order valence-corrected chi connectivity index (χ3v) is 7.06. The number of rotatable bonds is 4. The molecule has 166 valence electrons.